The van der Waals surface area contributed by atoms with Gasteiger partial charge in [0, 0.05) is 6.42 Å². The predicted molar refractivity (Wildman–Crippen MR) is 50.2 cm³/mol. The zero-order valence-electron chi connectivity index (χ0n) is 8.72. The van der Waals surface area contributed by atoms with Crippen LogP contribution in [0.25, 0.3) is 0 Å². The van der Waals surface area contributed by atoms with Gasteiger partial charge >= 0.3 is 0 Å². The van der Waals surface area contributed by atoms with Gasteiger partial charge in [-0.2, -0.15) is 0 Å². The molecule has 0 aromatic rings. The minimum absolute atomic E-state index is 0.0898. The van der Waals surface area contributed by atoms with Gasteiger partial charge in [0.1, 0.15) is 12.6 Å². The van der Waals surface area contributed by atoms with E-state index in [1.807, 2.05) is 0 Å². The van der Waals surface area contributed by atoms with Crippen LogP contribution >= 0.6 is 0 Å². The van der Waals surface area contributed by atoms with Crippen molar-refractivity contribution in [1.82, 2.24) is 0 Å². The third-order valence-electron chi connectivity index (χ3n) is 3.07. The van der Waals surface area contributed by atoms with E-state index in [0.717, 1.165) is 13.0 Å². The van der Waals surface area contributed by atoms with Gasteiger partial charge in [-0.05, 0) is 26.7 Å². The summed E-state index contributed by atoms with van der Waals surface area (Å²) in [6, 6.07) is 0. The van der Waals surface area contributed by atoms with E-state index >= 15 is 0 Å². The van der Waals surface area contributed by atoms with Crippen molar-refractivity contribution in [1.29, 1.82) is 0 Å². The van der Waals surface area contributed by atoms with Crippen LogP contribution in [0.2, 0.25) is 0 Å². The maximum Gasteiger partial charge on any atom is 0.106 e. The predicted octanol–water partition coefficient (Wildman–Crippen LogP) is 0.0705. The molecule has 0 amide bonds. The number of hydrogen-bond donors (Lipinski definition) is 2. The van der Waals surface area contributed by atoms with Crippen molar-refractivity contribution in [3.05, 3.63) is 0 Å². The summed E-state index contributed by atoms with van der Waals surface area (Å²) < 4.78 is 0. The number of quaternary nitrogens is 1. The molecule has 0 aliphatic carbocycles. The quantitative estimate of drug-likeness (QED) is 0.531. The van der Waals surface area contributed by atoms with E-state index in [4.69, 9.17) is 0 Å². The molecule has 1 fully saturated rings. The van der Waals surface area contributed by atoms with Gasteiger partial charge in [-0.25, -0.2) is 0 Å². The van der Waals surface area contributed by atoms with Gasteiger partial charge in [0.2, 0.25) is 0 Å². The average molecular weight is 172 g/mol. The summed E-state index contributed by atoms with van der Waals surface area (Å²) in [4.78, 5) is 1.54. The molecule has 1 rings (SSSR count). The minimum Gasteiger partial charge on any atom is -0.387 e. The fourth-order valence-electron chi connectivity index (χ4n) is 1.83. The molecule has 0 saturated carbocycles. The lowest BCUT2D eigenvalue weighted by atomic mass is 9.92. The van der Waals surface area contributed by atoms with E-state index in [0.29, 0.717) is 11.5 Å². The van der Waals surface area contributed by atoms with Crippen LogP contribution in [0, 0.1) is 5.92 Å². The zero-order chi connectivity index (χ0) is 9.35. The van der Waals surface area contributed by atoms with Crippen LogP contribution in [0.5, 0.6) is 0 Å². The van der Waals surface area contributed by atoms with Gasteiger partial charge in [0.05, 0.1) is 12.1 Å². The van der Waals surface area contributed by atoms with Crippen molar-refractivity contribution >= 4 is 0 Å². The van der Waals surface area contributed by atoms with E-state index < -0.39 is 0 Å². The standard InChI is InChI=1S/C10H21NO/c1-8-5-6-11(7-9(8)12)10(2,3)4/h8-9,12H,5-7H2,1-4H3/p+1/t8-,9-/m0/s1. The van der Waals surface area contributed by atoms with Gasteiger partial charge in [0.25, 0.3) is 0 Å². The Morgan fingerprint density at radius 2 is 1.92 bits per heavy atom. The minimum atomic E-state index is -0.0898. The lowest BCUT2D eigenvalue weighted by molar-refractivity contribution is -0.955. The first-order valence-corrected chi connectivity index (χ1v) is 4.94. The maximum atomic E-state index is 9.69. The second kappa shape index (κ2) is 3.35. The molecule has 3 atom stereocenters. The molecule has 72 valence electrons. The monoisotopic (exact) mass is 172 g/mol. The molecule has 1 saturated heterocycles. The van der Waals surface area contributed by atoms with Crippen LogP contribution < -0.4 is 4.90 Å². The van der Waals surface area contributed by atoms with Crippen LogP contribution in [0.3, 0.4) is 0 Å². The summed E-state index contributed by atoms with van der Waals surface area (Å²) in [5.41, 5.74) is 0.293. The molecule has 0 aromatic carbocycles. The molecule has 12 heavy (non-hydrogen) atoms. The van der Waals surface area contributed by atoms with Crippen molar-refractivity contribution < 1.29 is 10.0 Å². The summed E-state index contributed by atoms with van der Waals surface area (Å²) in [7, 11) is 0. The third kappa shape index (κ3) is 2.20. The number of rotatable bonds is 0. The summed E-state index contributed by atoms with van der Waals surface area (Å²) in [6.07, 6.45) is 1.07. The number of nitrogens with one attached hydrogen (secondary N) is 1. The Morgan fingerprint density at radius 1 is 1.33 bits per heavy atom. The number of aliphatic hydroxyl groups excluding tert-OH is 1. The van der Waals surface area contributed by atoms with Crippen molar-refractivity contribution in [2.45, 2.75) is 45.8 Å². The van der Waals surface area contributed by atoms with Crippen molar-refractivity contribution in [2.75, 3.05) is 13.1 Å². The van der Waals surface area contributed by atoms with Crippen LogP contribution in [-0.2, 0) is 0 Å². The molecule has 1 aliphatic rings. The van der Waals surface area contributed by atoms with Gasteiger partial charge < -0.3 is 10.0 Å². The highest BCUT2D eigenvalue weighted by Gasteiger charge is 2.33. The van der Waals surface area contributed by atoms with Crippen molar-refractivity contribution in [2.24, 2.45) is 5.92 Å². The fourth-order valence-corrected chi connectivity index (χ4v) is 1.83. The van der Waals surface area contributed by atoms with E-state index in [2.05, 4.69) is 27.7 Å². The lowest BCUT2D eigenvalue weighted by Crippen LogP contribution is -3.20. The highest BCUT2D eigenvalue weighted by Crippen LogP contribution is 2.10. The molecule has 0 aromatic heterocycles. The summed E-state index contributed by atoms with van der Waals surface area (Å²) in [5, 5.41) is 9.69. The smallest absolute Gasteiger partial charge is 0.106 e. The van der Waals surface area contributed by atoms with Crippen LogP contribution in [0.1, 0.15) is 34.1 Å². The normalized spacial score (nSPS) is 38.2. The van der Waals surface area contributed by atoms with Crippen molar-refractivity contribution in [3.63, 3.8) is 0 Å². The highest BCUT2D eigenvalue weighted by molar-refractivity contribution is 4.70. The first kappa shape index (κ1) is 10.0. The first-order chi connectivity index (χ1) is 5.41. The summed E-state index contributed by atoms with van der Waals surface area (Å²) in [5.74, 6) is 0.496. The summed E-state index contributed by atoms with van der Waals surface area (Å²) >= 11 is 0. The third-order valence-corrected chi connectivity index (χ3v) is 3.07. The van der Waals surface area contributed by atoms with Gasteiger partial charge in [-0.3, -0.25) is 0 Å². The Balaban J connectivity index is 2.51. The van der Waals surface area contributed by atoms with Gasteiger partial charge in [-0.15, -0.1) is 0 Å². The Bertz CT molecular complexity index is 150. The van der Waals surface area contributed by atoms with Crippen LogP contribution in [0.4, 0.5) is 0 Å². The molecule has 1 aliphatic heterocycles. The number of likely N-dealkylation sites (tertiary alicyclic amines) is 1. The zero-order valence-corrected chi connectivity index (χ0v) is 8.72. The largest absolute Gasteiger partial charge is 0.387 e. The Hall–Kier alpha value is -0.0800. The van der Waals surface area contributed by atoms with E-state index in [1.54, 1.807) is 0 Å². The Kier molecular flexibility index (Phi) is 2.79. The second-order valence-electron chi connectivity index (χ2n) is 5.14. The van der Waals surface area contributed by atoms with Gasteiger partial charge in [0.15, 0.2) is 0 Å². The second-order valence-corrected chi connectivity index (χ2v) is 5.14. The number of aliphatic hydroxyl groups is 1. The molecule has 2 heteroatoms. The molecule has 2 N–H and O–H groups in total. The average Bonchev–Trinajstić information content (AvgIpc) is 1.92. The van der Waals surface area contributed by atoms with Crippen LogP contribution in [0.15, 0.2) is 0 Å². The molecular weight excluding hydrogens is 150 g/mol. The molecule has 1 unspecified atom stereocenters. The Morgan fingerprint density at radius 3 is 2.33 bits per heavy atom. The molecule has 0 bridgehead atoms. The molecule has 0 spiro atoms. The van der Waals surface area contributed by atoms with E-state index in [9.17, 15) is 5.11 Å². The topological polar surface area (TPSA) is 24.7 Å². The highest BCUT2D eigenvalue weighted by atomic mass is 16.3. The summed E-state index contributed by atoms with van der Waals surface area (Å²) in [6.45, 7) is 11.0. The van der Waals surface area contributed by atoms with E-state index in [1.165, 1.54) is 11.4 Å². The SMILES string of the molecule is C[C@H]1CC[NH+](C(C)(C)C)C[C@@H]1O. The van der Waals surface area contributed by atoms with Gasteiger partial charge in [-0.1, -0.05) is 6.92 Å². The Labute approximate surface area is 75.6 Å². The number of hydrogen-bond acceptors (Lipinski definition) is 1. The fraction of sp³-hybridized carbons (Fsp3) is 1.00. The van der Waals surface area contributed by atoms with Crippen LogP contribution in [-0.4, -0.2) is 29.8 Å². The lowest BCUT2D eigenvalue weighted by Gasteiger charge is -2.39. The molecule has 0 radical (unpaired) electrons. The molecule has 2 nitrogen and oxygen atoms in total. The van der Waals surface area contributed by atoms with Crippen molar-refractivity contribution in [3.8, 4) is 0 Å². The first-order valence-electron chi connectivity index (χ1n) is 4.94. The molecule has 1 heterocycles. The van der Waals surface area contributed by atoms with E-state index in [-0.39, 0.29) is 6.10 Å². The maximum absolute atomic E-state index is 9.69. The molecular formula is C10H22NO+. The number of piperidine rings is 1.